The molecule has 0 aromatic carbocycles. The van der Waals surface area contributed by atoms with Crippen molar-refractivity contribution < 1.29 is 37.1 Å². The van der Waals surface area contributed by atoms with Crippen LogP contribution in [0.4, 0.5) is 14.6 Å². The molecule has 0 radical (unpaired) electrons. The standard InChI is InChI=1S/C24H36F2N4O7Si/c1-15(2)38(16(3)4,35-13-7-5-6-11-29-19(31)8-9-20(29)32)36-14-17-21(33)24(25,26)22(37-17)30-12-10-18(27)28-23(30)34/h8-10,12,15-17,21-22,33H,5-7,11,13-14H2,1-4H3,(H2,27,28,34). The summed E-state index contributed by atoms with van der Waals surface area (Å²) in [4.78, 5) is 40.1. The van der Waals surface area contributed by atoms with Crippen LogP contribution in [0.5, 0.6) is 0 Å². The van der Waals surface area contributed by atoms with Crippen molar-refractivity contribution in [3.63, 3.8) is 0 Å². The minimum absolute atomic E-state index is 0.0489. The van der Waals surface area contributed by atoms with E-state index in [2.05, 4.69) is 4.98 Å². The van der Waals surface area contributed by atoms with Crippen LogP contribution in [0.1, 0.15) is 53.2 Å². The van der Waals surface area contributed by atoms with Crippen molar-refractivity contribution in [2.45, 2.75) is 82.4 Å². The van der Waals surface area contributed by atoms with Gasteiger partial charge in [-0.1, -0.05) is 27.7 Å². The molecule has 0 aliphatic carbocycles. The fraction of sp³-hybridized carbons (Fsp3) is 0.667. The monoisotopic (exact) mass is 558 g/mol. The number of nitrogens with zero attached hydrogens (tertiary/aromatic N) is 3. The number of aliphatic hydroxyl groups is 1. The van der Waals surface area contributed by atoms with Gasteiger partial charge in [-0.25, -0.2) is 4.79 Å². The van der Waals surface area contributed by atoms with Crippen molar-refractivity contribution in [3.8, 4) is 0 Å². The third-order valence-corrected chi connectivity index (χ3v) is 11.3. The fourth-order valence-corrected chi connectivity index (χ4v) is 8.37. The van der Waals surface area contributed by atoms with Crippen LogP contribution in [-0.4, -0.2) is 77.8 Å². The van der Waals surface area contributed by atoms with E-state index in [1.54, 1.807) is 0 Å². The number of ether oxygens (including phenoxy) is 1. The summed E-state index contributed by atoms with van der Waals surface area (Å²) in [5.41, 5.74) is 4.33. The second kappa shape index (κ2) is 12.1. The maximum absolute atomic E-state index is 14.9. The molecule has 11 nitrogen and oxygen atoms in total. The first-order valence-corrected chi connectivity index (χ1v) is 14.7. The summed E-state index contributed by atoms with van der Waals surface area (Å²) in [6, 6.07) is 1.19. The van der Waals surface area contributed by atoms with E-state index in [1.807, 2.05) is 27.7 Å². The van der Waals surface area contributed by atoms with Crippen LogP contribution in [0.15, 0.2) is 29.2 Å². The van der Waals surface area contributed by atoms with Crippen LogP contribution in [-0.2, 0) is 23.2 Å². The van der Waals surface area contributed by atoms with Crippen molar-refractivity contribution in [2.75, 3.05) is 25.5 Å². The second-order valence-corrected chi connectivity index (χ2v) is 14.4. The molecule has 38 heavy (non-hydrogen) atoms. The van der Waals surface area contributed by atoms with E-state index in [0.717, 1.165) is 6.20 Å². The molecule has 2 aliphatic heterocycles. The normalized spacial score (nSPS) is 23.4. The van der Waals surface area contributed by atoms with E-state index in [0.29, 0.717) is 37.0 Å². The smallest absolute Gasteiger partial charge is 0.351 e. The molecule has 3 atom stereocenters. The number of aliphatic hydroxyl groups excluding tert-OH is 1. The van der Waals surface area contributed by atoms with Gasteiger partial charge in [-0.2, -0.15) is 13.8 Å². The molecule has 0 bridgehead atoms. The summed E-state index contributed by atoms with van der Waals surface area (Å²) >= 11 is 0. The van der Waals surface area contributed by atoms with Crippen LogP contribution in [0.25, 0.3) is 0 Å². The lowest BCUT2D eigenvalue weighted by Crippen LogP contribution is -2.51. The fourth-order valence-electron chi connectivity index (χ4n) is 4.73. The molecule has 0 spiro atoms. The van der Waals surface area contributed by atoms with Gasteiger partial charge in [-0.05, 0) is 36.4 Å². The van der Waals surface area contributed by atoms with Gasteiger partial charge in [0.15, 0.2) is 6.10 Å². The summed E-state index contributed by atoms with van der Waals surface area (Å²) in [6.07, 6.45) is -0.146. The number of halogens is 2. The Bertz CT molecular complexity index is 1070. The number of unbranched alkanes of at least 4 members (excludes halogenated alkanes) is 2. The van der Waals surface area contributed by atoms with Gasteiger partial charge >= 0.3 is 20.2 Å². The lowest BCUT2D eigenvalue weighted by Gasteiger charge is -2.38. The topological polar surface area (TPSA) is 146 Å². The molecule has 3 rings (SSSR count). The van der Waals surface area contributed by atoms with Crippen LogP contribution in [0.3, 0.4) is 0 Å². The largest absolute Gasteiger partial charge is 0.394 e. The number of rotatable bonds is 13. The Labute approximate surface area is 220 Å². The molecule has 1 fully saturated rings. The van der Waals surface area contributed by atoms with Crippen molar-refractivity contribution in [3.05, 3.63) is 34.9 Å². The molecular formula is C24H36F2N4O7Si. The number of carbonyl (C=O) groups excluding carboxylic acids is 2. The Hall–Kier alpha value is -2.52. The Morgan fingerprint density at radius 1 is 1.11 bits per heavy atom. The molecule has 1 aromatic heterocycles. The molecule has 1 saturated heterocycles. The predicted molar refractivity (Wildman–Crippen MR) is 135 cm³/mol. The van der Waals surface area contributed by atoms with Gasteiger partial charge in [0.1, 0.15) is 11.9 Å². The average Bonchev–Trinajstić information content (AvgIpc) is 3.27. The summed E-state index contributed by atoms with van der Waals surface area (Å²) in [5.74, 6) is -4.52. The zero-order valence-electron chi connectivity index (χ0n) is 22.0. The van der Waals surface area contributed by atoms with Gasteiger partial charge in [0, 0.05) is 31.5 Å². The Balaban J connectivity index is 1.59. The molecule has 212 valence electrons. The number of hydrogen-bond donors (Lipinski definition) is 2. The summed E-state index contributed by atoms with van der Waals surface area (Å²) in [5, 5.41) is 10.4. The molecule has 3 N–H and O–H groups in total. The minimum atomic E-state index is -3.77. The maximum atomic E-state index is 14.9. The molecule has 2 aliphatic rings. The molecule has 1 aromatic rings. The van der Waals surface area contributed by atoms with Crippen LogP contribution >= 0.6 is 0 Å². The van der Waals surface area contributed by atoms with E-state index in [4.69, 9.17) is 19.3 Å². The van der Waals surface area contributed by atoms with Gasteiger partial charge in [-0.3, -0.25) is 19.1 Å². The number of anilines is 1. The molecule has 0 saturated carbocycles. The zero-order chi connectivity index (χ0) is 28.3. The number of carbonyl (C=O) groups is 2. The summed E-state index contributed by atoms with van der Waals surface area (Å²) < 4.78 is 48.4. The molecular weight excluding hydrogens is 522 g/mol. The highest BCUT2D eigenvalue weighted by Crippen LogP contribution is 2.43. The molecule has 14 heteroatoms. The van der Waals surface area contributed by atoms with Gasteiger partial charge < -0.3 is 24.4 Å². The van der Waals surface area contributed by atoms with Crippen LogP contribution in [0, 0.1) is 0 Å². The zero-order valence-corrected chi connectivity index (χ0v) is 23.0. The highest BCUT2D eigenvalue weighted by Gasteiger charge is 2.60. The quantitative estimate of drug-likeness (QED) is 0.211. The number of amides is 2. The number of nitrogen functional groups attached to an aromatic ring is 1. The number of aromatic nitrogens is 2. The molecule has 2 amide bonds. The third kappa shape index (κ3) is 6.20. The van der Waals surface area contributed by atoms with E-state index in [9.17, 15) is 28.3 Å². The number of imide groups is 1. The Morgan fingerprint density at radius 3 is 2.32 bits per heavy atom. The van der Waals surface area contributed by atoms with E-state index >= 15 is 0 Å². The lowest BCUT2D eigenvalue weighted by molar-refractivity contribution is -0.141. The van der Waals surface area contributed by atoms with E-state index in [-0.39, 0.29) is 35.3 Å². The first kappa shape index (κ1) is 30.0. The van der Waals surface area contributed by atoms with Crippen molar-refractivity contribution >= 4 is 26.2 Å². The molecule has 3 unspecified atom stereocenters. The van der Waals surface area contributed by atoms with E-state index in [1.165, 1.54) is 23.1 Å². The average molecular weight is 559 g/mol. The highest BCUT2D eigenvalue weighted by atomic mass is 28.4. The van der Waals surface area contributed by atoms with Crippen molar-refractivity contribution in [1.82, 2.24) is 14.5 Å². The minimum Gasteiger partial charge on any atom is -0.394 e. The highest BCUT2D eigenvalue weighted by molar-refractivity contribution is 6.70. The second-order valence-electron chi connectivity index (χ2n) is 10.1. The number of alkyl halides is 2. The van der Waals surface area contributed by atoms with Crippen molar-refractivity contribution in [2.24, 2.45) is 0 Å². The Kier molecular flexibility index (Phi) is 9.57. The number of hydrogen-bond acceptors (Lipinski definition) is 9. The van der Waals surface area contributed by atoms with Gasteiger partial charge in [0.05, 0.1) is 6.61 Å². The predicted octanol–water partition coefficient (Wildman–Crippen LogP) is 2.11. The van der Waals surface area contributed by atoms with Gasteiger partial charge in [-0.15, -0.1) is 0 Å². The summed E-state index contributed by atoms with van der Waals surface area (Å²) in [7, 11) is -2.98. The van der Waals surface area contributed by atoms with Crippen LogP contribution in [0.2, 0.25) is 11.1 Å². The first-order chi connectivity index (χ1) is 17.8. The van der Waals surface area contributed by atoms with Crippen molar-refractivity contribution in [1.29, 1.82) is 0 Å². The SMILES string of the molecule is CC(C)[Si](OCCCCCN1C(=O)C=CC1=O)(OCC1OC(n2ccc(N)nc2=O)C(F)(F)C1O)C(C)C. The third-order valence-electron chi connectivity index (χ3n) is 6.82. The number of nitrogens with two attached hydrogens (primary N) is 1. The van der Waals surface area contributed by atoms with Gasteiger partial charge in [0.25, 0.3) is 11.8 Å². The first-order valence-electron chi connectivity index (χ1n) is 12.7. The summed E-state index contributed by atoms with van der Waals surface area (Å²) in [6.45, 7) is 8.08. The van der Waals surface area contributed by atoms with E-state index < -0.39 is 38.6 Å². The van der Waals surface area contributed by atoms with Crippen LogP contribution < -0.4 is 11.4 Å². The van der Waals surface area contributed by atoms with Gasteiger partial charge in [0.2, 0.25) is 6.23 Å². The maximum Gasteiger partial charge on any atom is 0.351 e. The lowest BCUT2D eigenvalue weighted by atomic mass is 10.1. The molecule has 3 heterocycles. The Morgan fingerprint density at radius 2 is 1.74 bits per heavy atom.